The van der Waals surface area contributed by atoms with Gasteiger partial charge >= 0.3 is 0 Å². The zero-order valence-corrected chi connectivity index (χ0v) is 19.0. The molecule has 1 saturated carbocycles. The Kier molecular flexibility index (Phi) is 10.3. The molecule has 1 amide bonds. The van der Waals surface area contributed by atoms with Crippen LogP contribution in [0.4, 0.5) is 4.39 Å². The first-order valence-electron chi connectivity index (χ1n) is 9.18. The summed E-state index contributed by atoms with van der Waals surface area (Å²) in [5.74, 6) is 0.845. The molecule has 156 valence electrons. The Labute approximate surface area is 183 Å². The zero-order chi connectivity index (χ0) is 19.8. The average molecular weight is 504 g/mol. The fourth-order valence-electron chi connectivity index (χ4n) is 2.29. The lowest BCUT2D eigenvalue weighted by Crippen LogP contribution is -2.39. The third-order valence-corrected chi connectivity index (χ3v) is 4.27. The van der Waals surface area contributed by atoms with Crippen molar-refractivity contribution in [1.29, 1.82) is 0 Å². The topological polar surface area (TPSA) is 66.0 Å². The maximum Gasteiger partial charge on any atom is 0.243 e. The molecule has 1 atom stereocenters. The maximum atomic E-state index is 14.3. The molecule has 1 unspecified atom stereocenters. The molecule has 0 radical (unpaired) electrons. The van der Waals surface area contributed by atoms with Crippen LogP contribution in [0.2, 0.25) is 0 Å². The molecule has 1 aliphatic rings. The second kappa shape index (κ2) is 11.9. The van der Waals surface area contributed by atoms with Gasteiger partial charge in [0.15, 0.2) is 17.5 Å². The third kappa shape index (κ3) is 8.04. The van der Waals surface area contributed by atoms with Gasteiger partial charge in [-0.15, -0.1) is 30.6 Å². The van der Waals surface area contributed by atoms with Crippen molar-refractivity contribution >= 4 is 35.8 Å². The molecule has 0 spiro atoms. The van der Waals surface area contributed by atoms with Crippen LogP contribution in [0.25, 0.3) is 0 Å². The predicted octanol–water partition coefficient (Wildman–Crippen LogP) is 3.10. The molecular weight excluding hydrogens is 474 g/mol. The SMILES string of the molecule is C=CCNC(=NCC(=O)N(C)C)NC(C)c1ccc(OCC2CC2)c(F)c1.I. The molecular formula is C20H30FIN4O2. The number of guanidine groups is 1. The van der Waals surface area contributed by atoms with E-state index >= 15 is 0 Å². The third-order valence-electron chi connectivity index (χ3n) is 4.27. The quantitative estimate of drug-likeness (QED) is 0.235. The molecule has 2 N–H and O–H groups in total. The van der Waals surface area contributed by atoms with Gasteiger partial charge in [0.05, 0.1) is 12.6 Å². The standard InChI is InChI=1S/C20H29FN4O2.HI/c1-5-10-22-20(23-12-19(26)25(3)4)24-14(2)16-8-9-18(17(21)11-16)27-13-15-6-7-15;/h5,8-9,11,14-15H,1,6-7,10,12-13H2,2-4H3,(H2,22,23,24);1H. The monoisotopic (exact) mass is 504 g/mol. The van der Waals surface area contributed by atoms with Gasteiger partial charge in [0, 0.05) is 20.6 Å². The zero-order valence-electron chi connectivity index (χ0n) is 16.7. The Morgan fingerprint density at radius 3 is 2.75 bits per heavy atom. The number of nitrogens with one attached hydrogen (secondary N) is 2. The second-order valence-corrected chi connectivity index (χ2v) is 6.93. The number of hydrogen-bond acceptors (Lipinski definition) is 3. The fraction of sp³-hybridized carbons (Fsp3) is 0.500. The Balaban J connectivity index is 0.00000392. The van der Waals surface area contributed by atoms with Crippen molar-refractivity contribution in [1.82, 2.24) is 15.5 Å². The van der Waals surface area contributed by atoms with Gasteiger partial charge in [-0.1, -0.05) is 12.1 Å². The molecule has 0 bridgehead atoms. The Bertz CT molecular complexity index is 693. The van der Waals surface area contributed by atoms with E-state index < -0.39 is 0 Å². The van der Waals surface area contributed by atoms with E-state index in [1.54, 1.807) is 26.2 Å². The van der Waals surface area contributed by atoms with E-state index in [0.29, 0.717) is 25.0 Å². The normalized spacial score (nSPS) is 14.5. The highest BCUT2D eigenvalue weighted by molar-refractivity contribution is 14.0. The number of likely N-dealkylation sites (N-methyl/N-ethyl adjacent to an activating group) is 1. The van der Waals surface area contributed by atoms with Crippen LogP contribution < -0.4 is 15.4 Å². The highest BCUT2D eigenvalue weighted by atomic mass is 127. The largest absolute Gasteiger partial charge is 0.490 e. The van der Waals surface area contributed by atoms with Gasteiger partial charge in [0.1, 0.15) is 6.54 Å². The number of amides is 1. The molecule has 28 heavy (non-hydrogen) atoms. The Morgan fingerprint density at radius 2 is 2.18 bits per heavy atom. The van der Waals surface area contributed by atoms with Crippen LogP contribution in [-0.2, 0) is 4.79 Å². The van der Waals surface area contributed by atoms with Crippen molar-refractivity contribution < 1.29 is 13.9 Å². The number of hydrogen-bond donors (Lipinski definition) is 2. The number of carbonyl (C=O) groups excluding carboxylic acids is 1. The van der Waals surface area contributed by atoms with Gasteiger partial charge in [-0.25, -0.2) is 9.38 Å². The summed E-state index contributed by atoms with van der Waals surface area (Å²) in [5.41, 5.74) is 0.762. The minimum absolute atomic E-state index is 0. The van der Waals surface area contributed by atoms with Crippen LogP contribution in [0, 0.1) is 11.7 Å². The summed E-state index contributed by atoms with van der Waals surface area (Å²) >= 11 is 0. The second-order valence-electron chi connectivity index (χ2n) is 6.93. The van der Waals surface area contributed by atoms with E-state index in [1.807, 2.05) is 13.0 Å². The molecule has 6 nitrogen and oxygen atoms in total. The summed E-state index contributed by atoms with van der Waals surface area (Å²) in [6.07, 6.45) is 4.02. The molecule has 0 heterocycles. The van der Waals surface area contributed by atoms with Crippen LogP contribution in [0.5, 0.6) is 5.75 Å². The first-order valence-corrected chi connectivity index (χ1v) is 9.18. The summed E-state index contributed by atoms with van der Waals surface area (Å²) in [7, 11) is 3.36. The molecule has 0 saturated heterocycles. The number of nitrogens with zero attached hydrogens (tertiary/aromatic N) is 2. The van der Waals surface area contributed by atoms with Gasteiger partial charge < -0.3 is 20.3 Å². The maximum absolute atomic E-state index is 14.3. The van der Waals surface area contributed by atoms with Gasteiger partial charge in [-0.05, 0) is 43.4 Å². The van der Waals surface area contributed by atoms with Crippen molar-refractivity contribution in [2.75, 3.05) is 33.8 Å². The molecule has 1 aliphatic carbocycles. The summed E-state index contributed by atoms with van der Waals surface area (Å²) in [6, 6.07) is 4.76. The van der Waals surface area contributed by atoms with E-state index in [2.05, 4.69) is 22.2 Å². The van der Waals surface area contributed by atoms with E-state index in [-0.39, 0.29) is 54.0 Å². The first kappa shape index (κ1) is 24.2. The van der Waals surface area contributed by atoms with E-state index in [1.165, 1.54) is 11.0 Å². The highest BCUT2D eigenvalue weighted by Crippen LogP contribution is 2.30. The minimum Gasteiger partial charge on any atom is -0.490 e. The fourth-order valence-corrected chi connectivity index (χ4v) is 2.29. The lowest BCUT2D eigenvalue weighted by molar-refractivity contribution is -0.127. The van der Waals surface area contributed by atoms with Gasteiger partial charge in [-0.3, -0.25) is 4.79 Å². The number of benzene rings is 1. The number of aliphatic imine (C=N–C) groups is 1. The smallest absolute Gasteiger partial charge is 0.243 e. The van der Waals surface area contributed by atoms with Crippen molar-refractivity contribution in [2.45, 2.75) is 25.8 Å². The van der Waals surface area contributed by atoms with Crippen LogP contribution in [0.1, 0.15) is 31.4 Å². The van der Waals surface area contributed by atoms with Crippen molar-refractivity contribution in [3.63, 3.8) is 0 Å². The van der Waals surface area contributed by atoms with Crippen molar-refractivity contribution in [3.8, 4) is 5.75 Å². The predicted molar refractivity (Wildman–Crippen MR) is 121 cm³/mol. The number of carbonyl (C=O) groups is 1. The first-order chi connectivity index (χ1) is 12.9. The molecule has 0 aliphatic heterocycles. The molecule has 8 heteroatoms. The van der Waals surface area contributed by atoms with E-state index in [4.69, 9.17) is 4.74 Å². The van der Waals surface area contributed by atoms with Gasteiger partial charge in [0.2, 0.25) is 5.91 Å². The lowest BCUT2D eigenvalue weighted by Gasteiger charge is -2.19. The lowest BCUT2D eigenvalue weighted by atomic mass is 10.1. The van der Waals surface area contributed by atoms with Crippen LogP contribution >= 0.6 is 24.0 Å². The van der Waals surface area contributed by atoms with Gasteiger partial charge in [0.25, 0.3) is 0 Å². The van der Waals surface area contributed by atoms with E-state index in [0.717, 1.165) is 18.4 Å². The summed E-state index contributed by atoms with van der Waals surface area (Å²) in [6.45, 7) is 6.66. The molecule has 2 rings (SSSR count). The molecule has 1 fully saturated rings. The number of ether oxygens (including phenoxy) is 1. The van der Waals surface area contributed by atoms with Crippen molar-refractivity contribution in [2.24, 2.45) is 10.9 Å². The molecule has 1 aromatic carbocycles. The van der Waals surface area contributed by atoms with E-state index in [9.17, 15) is 9.18 Å². The Hall–Kier alpha value is -1.84. The molecule has 0 aromatic heterocycles. The Morgan fingerprint density at radius 1 is 1.46 bits per heavy atom. The highest BCUT2D eigenvalue weighted by Gasteiger charge is 2.22. The van der Waals surface area contributed by atoms with Crippen LogP contribution in [0.3, 0.4) is 0 Å². The minimum atomic E-state index is -0.373. The van der Waals surface area contributed by atoms with Crippen LogP contribution in [-0.4, -0.2) is 50.6 Å². The molecule has 1 aromatic rings. The number of rotatable bonds is 9. The summed E-state index contributed by atoms with van der Waals surface area (Å²) < 4.78 is 19.8. The number of halogens is 2. The van der Waals surface area contributed by atoms with Gasteiger partial charge in [-0.2, -0.15) is 0 Å². The summed E-state index contributed by atoms with van der Waals surface area (Å²) in [4.78, 5) is 17.5. The van der Waals surface area contributed by atoms with Crippen LogP contribution in [0.15, 0.2) is 35.8 Å². The summed E-state index contributed by atoms with van der Waals surface area (Å²) in [5, 5.41) is 6.24. The average Bonchev–Trinajstić information content (AvgIpc) is 3.46. The van der Waals surface area contributed by atoms with Crippen molar-refractivity contribution in [3.05, 3.63) is 42.2 Å².